The summed E-state index contributed by atoms with van der Waals surface area (Å²) in [6, 6.07) is 0. The fourth-order valence-corrected chi connectivity index (χ4v) is 2.20. The van der Waals surface area contributed by atoms with Crippen LogP contribution < -0.4 is 0 Å². The van der Waals surface area contributed by atoms with Crippen LogP contribution in [0.2, 0.25) is 0 Å². The summed E-state index contributed by atoms with van der Waals surface area (Å²) in [6.07, 6.45) is 6.35. The molecule has 0 nitrogen and oxygen atoms in total. The molecule has 0 saturated heterocycles. The maximum atomic E-state index is 3.96. The van der Waals surface area contributed by atoms with Gasteiger partial charge in [0.2, 0.25) is 0 Å². The Morgan fingerprint density at radius 1 is 1.25 bits per heavy atom. The van der Waals surface area contributed by atoms with Gasteiger partial charge in [-0.15, -0.1) is 0 Å². The van der Waals surface area contributed by atoms with Crippen molar-refractivity contribution in [3.8, 4) is 0 Å². The predicted molar refractivity (Wildman–Crippen MR) is 63.6 cm³/mol. The Morgan fingerprint density at radius 3 is 2.42 bits per heavy atom. The lowest BCUT2D eigenvalue weighted by atomic mass is 10.1. The van der Waals surface area contributed by atoms with Crippen molar-refractivity contribution >= 4 is 27.7 Å². The smallest absolute Gasteiger partial charge is 0.0476 e. The fraction of sp³-hybridized carbons (Fsp3) is 0.600. The first-order valence-corrected chi connectivity index (χ1v) is 5.97. The average Bonchev–Trinajstić information content (AvgIpc) is 1.97. The average molecular weight is 249 g/mol. The largest absolute Gasteiger partial charge is 0.0891 e. The highest BCUT2D eigenvalue weighted by atomic mass is 79.9. The molecule has 0 radical (unpaired) electrons. The third-order valence-corrected chi connectivity index (χ3v) is 2.76. The van der Waals surface area contributed by atoms with Gasteiger partial charge < -0.3 is 0 Å². The van der Waals surface area contributed by atoms with E-state index in [0.717, 1.165) is 10.2 Å². The number of allylic oxidation sites excluding steroid dienone is 1. The maximum absolute atomic E-state index is 3.96. The van der Waals surface area contributed by atoms with Crippen LogP contribution in [0.1, 0.15) is 39.0 Å². The normalized spacial score (nSPS) is 9.83. The highest BCUT2D eigenvalue weighted by Crippen LogP contribution is 2.30. The Morgan fingerprint density at radius 2 is 1.92 bits per heavy atom. The Hall–Kier alpha value is 0.310. The molecule has 0 amide bonds. The van der Waals surface area contributed by atoms with E-state index in [4.69, 9.17) is 0 Å². The minimum atomic E-state index is 0.961. The highest BCUT2D eigenvalue weighted by Gasteiger charge is 1.96. The van der Waals surface area contributed by atoms with Crippen LogP contribution in [0.5, 0.6) is 0 Å². The van der Waals surface area contributed by atoms with Crippen molar-refractivity contribution < 1.29 is 0 Å². The summed E-state index contributed by atoms with van der Waals surface area (Å²) in [6.45, 7) is 9.95. The molecule has 0 saturated carbocycles. The molecule has 0 aliphatic carbocycles. The second kappa shape index (κ2) is 7.93. The molecular weight excluding hydrogens is 232 g/mol. The van der Waals surface area contributed by atoms with Gasteiger partial charge in [0.15, 0.2) is 0 Å². The maximum Gasteiger partial charge on any atom is 0.0476 e. The van der Waals surface area contributed by atoms with Crippen LogP contribution in [0.25, 0.3) is 0 Å². The van der Waals surface area contributed by atoms with Crippen molar-refractivity contribution in [1.82, 2.24) is 0 Å². The number of unbranched alkanes of at least 4 members (excludes halogenated alkanes) is 3. The summed E-state index contributed by atoms with van der Waals surface area (Å²) in [5.41, 5.74) is 0. The quantitative estimate of drug-likeness (QED) is 0.567. The molecule has 70 valence electrons. The molecule has 0 aromatic carbocycles. The van der Waals surface area contributed by atoms with Crippen LogP contribution in [0.15, 0.2) is 21.9 Å². The minimum Gasteiger partial charge on any atom is -0.0891 e. The van der Waals surface area contributed by atoms with E-state index in [1.165, 1.54) is 30.6 Å². The Kier molecular flexibility index (Phi) is 8.14. The van der Waals surface area contributed by atoms with E-state index in [-0.39, 0.29) is 0 Å². The zero-order valence-electron chi connectivity index (χ0n) is 7.74. The number of hydrogen-bond donors (Lipinski definition) is 0. The molecular formula is C10H17BrS. The molecule has 0 rings (SSSR count). The van der Waals surface area contributed by atoms with Gasteiger partial charge in [-0.05, 0) is 33.7 Å². The molecule has 0 bridgehead atoms. The molecule has 12 heavy (non-hydrogen) atoms. The molecule has 0 aromatic heterocycles. The molecule has 0 N–H and O–H groups in total. The summed E-state index contributed by atoms with van der Waals surface area (Å²) < 4.78 is 0.961. The summed E-state index contributed by atoms with van der Waals surface area (Å²) in [4.78, 5) is 1.22. The van der Waals surface area contributed by atoms with Crippen LogP contribution >= 0.6 is 27.7 Å². The van der Waals surface area contributed by atoms with Gasteiger partial charge in [-0.2, -0.15) is 0 Å². The molecule has 0 spiro atoms. The monoisotopic (exact) mass is 248 g/mol. The highest BCUT2D eigenvalue weighted by molar-refractivity contribution is 9.14. The first kappa shape index (κ1) is 12.3. The van der Waals surface area contributed by atoms with E-state index in [1.807, 2.05) is 0 Å². The van der Waals surface area contributed by atoms with Crippen molar-refractivity contribution in [3.05, 3.63) is 21.9 Å². The van der Waals surface area contributed by atoms with Crippen molar-refractivity contribution in [3.63, 3.8) is 0 Å². The van der Waals surface area contributed by atoms with E-state index in [0.29, 0.717) is 0 Å². The lowest BCUT2D eigenvalue weighted by Gasteiger charge is -2.02. The van der Waals surface area contributed by atoms with Gasteiger partial charge in [-0.1, -0.05) is 51.1 Å². The minimum absolute atomic E-state index is 0.961. The van der Waals surface area contributed by atoms with Gasteiger partial charge in [0.25, 0.3) is 0 Å². The number of halogens is 1. The van der Waals surface area contributed by atoms with Crippen LogP contribution in [-0.4, -0.2) is 0 Å². The standard InChI is InChI=1S/C10H17BrS/c1-4-5-6-7-8-9(2)12-10(3)11/h2-8H2,1H3. The van der Waals surface area contributed by atoms with E-state index in [2.05, 4.69) is 36.0 Å². The van der Waals surface area contributed by atoms with Gasteiger partial charge in [-0.3, -0.25) is 0 Å². The third kappa shape index (κ3) is 8.41. The van der Waals surface area contributed by atoms with Gasteiger partial charge >= 0.3 is 0 Å². The van der Waals surface area contributed by atoms with Crippen molar-refractivity contribution in [2.75, 3.05) is 0 Å². The number of hydrogen-bond acceptors (Lipinski definition) is 1. The Bertz CT molecular complexity index is 152. The van der Waals surface area contributed by atoms with Gasteiger partial charge in [-0.25, -0.2) is 0 Å². The van der Waals surface area contributed by atoms with Crippen LogP contribution in [0, 0.1) is 0 Å². The molecule has 0 fully saturated rings. The SMILES string of the molecule is C=C(Br)SC(=C)CCCCCC. The molecule has 0 heterocycles. The zero-order valence-corrected chi connectivity index (χ0v) is 10.1. The summed E-state index contributed by atoms with van der Waals surface area (Å²) in [7, 11) is 0. The van der Waals surface area contributed by atoms with Crippen LogP contribution in [0.4, 0.5) is 0 Å². The number of rotatable bonds is 7. The fourth-order valence-electron chi connectivity index (χ4n) is 0.957. The van der Waals surface area contributed by atoms with Crippen LogP contribution in [-0.2, 0) is 0 Å². The first-order chi connectivity index (χ1) is 5.66. The first-order valence-electron chi connectivity index (χ1n) is 4.36. The third-order valence-electron chi connectivity index (χ3n) is 1.56. The molecule has 0 aliphatic heterocycles. The second-order valence-electron chi connectivity index (χ2n) is 2.81. The van der Waals surface area contributed by atoms with Gasteiger partial charge in [0.05, 0.1) is 0 Å². The van der Waals surface area contributed by atoms with E-state index < -0.39 is 0 Å². The molecule has 2 heteroatoms. The predicted octanol–water partition coefficient (Wildman–Crippen LogP) is 5.07. The Balaban J connectivity index is 3.26. The van der Waals surface area contributed by atoms with E-state index >= 15 is 0 Å². The van der Waals surface area contributed by atoms with Crippen molar-refractivity contribution in [2.24, 2.45) is 0 Å². The topological polar surface area (TPSA) is 0 Å². The molecule has 0 aromatic rings. The van der Waals surface area contributed by atoms with Gasteiger partial charge in [0, 0.05) is 3.81 Å². The van der Waals surface area contributed by atoms with Crippen molar-refractivity contribution in [2.45, 2.75) is 39.0 Å². The molecule has 0 atom stereocenters. The van der Waals surface area contributed by atoms with Gasteiger partial charge in [0.1, 0.15) is 0 Å². The van der Waals surface area contributed by atoms with Crippen LogP contribution in [0.3, 0.4) is 0 Å². The summed E-state index contributed by atoms with van der Waals surface area (Å²) in [5, 5.41) is 0. The summed E-state index contributed by atoms with van der Waals surface area (Å²) in [5.74, 6) is 0. The van der Waals surface area contributed by atoms with Crippen molar-refractivity contribution in [1.29, 1.82) is 0 Å². The molecule has 0 unspecified atom stereocenters. The molecule has 0 aliphatic rings. The van der Waals surface area contributed by atoms with E-state index in [1.54, 1.807) is 11.8 Å². The zero-order chi connectivity index (χ0) is 9.40. The lowest BCUT2D eigenvalue weighted by molar-refractivity contribution is 0.672. The second-order valence-corrected chi connectivity index (χ2v) is 5.56. The lowest BCUT2D eigenvalue weighted by Crippen LogP contribution is -1.78. The summed E-state index contributed by atoms with van der Waals surface area (Å²) >= 11 is 4.95. The Labute approximate surface area is 88.6 Å². The number of thioether (sulfide) groups is 1. The van der Waals surface area contributed by atoms with E-state index in [9.17, 15) is 0 Å².